The average molecular weight is 515 g/mol. The Labute approximate surface area is 224 Å². The molecule has 1 fully saturated rings. The summed E-state index contributed by atoms with van der Waals surface area (Å²) in [5.41, 5.74) is 4.02. The van der Waals surface area contributed by atoms with Gasteiger partial charge in [0.05, 0.1) is 28.7 Å². The number of carbonyl (C=O) groups is 1. The molecule has 1 N–H and O–H groups in total. The molecule has 1 aliphatic heterocycles. The van der Waals surface area contributed by atoms with Crippen LogP contribution >= 0.6 is 0 Å². The Hall–Kier alpha value is -3.52. The Morgan fingerprint density at radius 2 is 2.00 bits per heavy atom. The summed E-state index contributed by atoms with van der Waals surface area (Å²) in [6.07, 6.45) is 6.27. The predicted molar refractivity (Wildman–Crippen MR) is 151 cm³/mol. The number of hydrogen-bond donors (Lipinski definition) is 1. The van der Waals surface area contributed by atoms with Crippen molar-refractivity contribution in [3.63, 3.8) is 0 Å². The van der Waals surface area contributed by atoms with E-state index in [1.807, 2.05) is 37.4 Å². The number of piperidine rings is 1. The van der Waals surface area contributed by atoms with Crippen LogP contribution in [0, 0.1) is 6.92 Å². The maximum Gasteiger partial charge on any atom is 0.222 e. The Bertz CT molecular complexity index is 1450. The molecule has 0 aliphatic carbocycles. The molecule has 200 valence electrons. The topological polar surface area (TPSA) is 87.4 Å². The second kappa shape index (κ2) is 10.7. The Morgan fingerprint density at radius 1 is 1.18 bits per heavy atom. The highest BCUT2D eigenvalue weighted by atomic mass is 16.3. The molecular weight excluding hydrogens is 476 g/mol. The smallest absolute Gasteiger partial charge is 0.222 e. The molecular formula is C30H38N6O2. The molecule has 1 atom stereocenters. The first-order valence-electron chi connectivity index (χ1n) is 13.6. The van der Waals surface area contributed by atoms with Gasteiger partial charge in [0.2, 0.25) is 5.91 Å². The lowest BCUT2D eigenvalue weighted by Gasteiger charge is -2.42. The molecule has 0 spiro atoms. The van der Waals surface area contributed by atoms with Gasteiger partial charge in [-0.15, -0.1) is 0 Å². The number of carbonyl (C=O) groups excluding carboxylic acids is 1. The van der Waals surface area contributed by atoms with E-state index in [1.54, 1.807) is 18.1 Å². The quantitative estimate of drug-likeness (QED) is 0.367. The van der Waals surface area contributed by atoms with Crippen LogP contribution in [0.5, 0.6) is 0 Å². The third kappa shape index (κ3) is 5.36. The number of fused-ring (bicyclic) bond motifs is 2. The minimum absolute atomic E-state index is 0.0560. The molecule has 5 rings (SSSR count). The lowest BCUT2D eigenvalue weighted by molar-refractivity contribution is -0.133. The molecule has 0 bridgehead atoms. The van der Waals surface area contributed by atoms with E-state index < -0.39 is 5.60 Å². The molecule has 4 heterocycles. The van der Waals surface area contributed by atoms with E-state index >= 15 is 0 Å². The average Bonchev–Trinajstić information content (AvgIpc) is 3.27. The highest BCUT2D eigenvalue weighted by Gasteiger charge is 2.36. The molecule has 1 aliphatic rings. The van der Waals surface area contributed by atoms with E-state index in [0.29, 0.717) is 31.8 Å². The molecule has 38 heavy (non-hydrogen) atoms. The van der Waals surface area contributed by atoms with Crippen LogP contribution in [-0.4, -0.2) is 67.7 Å². The summed E-state index contributed by atoms with van der Waals surface area (Å²) in [5.74, 6) is 1.42. The van der Waals surface area contributed by atoms with E-state index in [1.165, 1.54) is 0 Å². The summed E-state index contributed by atoms with van der Waals surface area (Å²) < 4.78 is 2.25. The van der Waals surface area contributed by atoms with Crippen molar-refractivity contribution in [2.24, 2.45) is 0 Å². The van der Waals surface area contributed by atoms with Gasteiger partial charge < -0.3 is 19.5 Å². The number of para-hydroxylation sites is 2. The number of β-amino-alcohol motifs (C(OH)–C–C–N with tert-alkyl or cyclic N) is 1. The van der Waals surface area contributed by atoms with Crippen LogP contribution in [0.4, 0.5) is 5.69 Å². The molecule has 0 radical (unpaired) electrons. The van der Waals surface area contributed by atoms with Crippen molar-refractivity contribution < 1.29 is 9.90 Å². The lowest BCUT2D eigenvalue weighted by Crippen LogP contribution is -2.54. The lowest BCUT2D eigenvalue weighted by atomic mass is 9.91. The fourth-order valence-corrected chi connectivity index (χ4v) is 5.77. The van der Waals surface area contributed by atoms with E-state index in [9.17, 15) is 9.90 Å². The maximum absolute atomic E-state index is 13.1. The maximum atomic E-state index is 13.1. The zero-order valence-electron chi connectivity index (χ0n) is 22.9. The second-order valence-electron chi connectivity index (χ2n) is 11.0. The molecule has 0 saturated carbocycles. The molecule has 4 aromatic rings. The van der Waals surface area contributed by atoms with Gasteiger partial charge in [-0.1, -0.05) is 26.0 Å². The normalized spacial score (nSPS) is 18.0. The van der Waals surface area contributed by atoms with Crippen molar-refractivity contribution >= 4 is 33.5 Å². The number of benzene rings is 1. The SMILES string of the molecule is Cc1cc(N2CCC[C@](O)(CN(C)C(=O)CCCn3c(C(C)C)nc4ccccc43)C2)c2cnccc2n1. The summed E-state index contributed by atoms with van der Waals surface area (Å²) in [5, 5.41) is 12.6. The number of aromatic nitrogens is 4. The number of nitrogens with zero attached hydrogens (tertiary/aromatic N) is 6. The minimum atomic E-state index is -0.972. The number of rotatable bonds is 8. The van der Waals surface area contributed by atoms with Crippen LogP contribution in [0.3, 0.4) is 0 Å². The first-order chi connectivity index (χ1) is 18.2. The van der Waals surface area contributed by atoms with Crippen LogP contribution in [0.2, 0.25) is 0 Å². The fraction of sp³-hybridized carbons (Fsp3) is 0.467. The molecule has 1 amide bonds. The molecule has 1 saturated heterocycles. The zero-order valence-corrected chi connectivity index (χ0v) is 22.9. The third-order valence-corrected chi connectivity index (χ3v) is 7.54. The van der Waals surface area contributed by atoms with Crippen LogP contribution in [0.25, 0.3) is 21.9 Å². The molecule has 0 unspecified atom stereocenters. The van der Waals surface area contributed by atoms with E-state index in [0.717, 1.165) is 65.1 Å². The fourth-order valence-electron chi connectivity index (χ4n) is 5.77. The third-order valence-electron chi connectivity index (χ3n) is 7.54. The van der Waals surface area contributed by atoms with E-state index in [2.05, 4.69) is 45.4 Å². The molecule has 8 nitrogen and oxygen atoms in total. The number of imidazole rings is 1. The van der Waals surface area contributed by atoms with Crippen molar-refractivity contribution in [3.8, 4) is 0 Å². The first-order valence-corrected chi connectivity index (χ1v) is 13.6. The van der Waals surface area contributed by atoms with Gasteiger partial charge in [-0.2, -0.15) is 0 Å². The second-order valence-corrected chi connectivity index (χ2v) is 11.0. The standard InChI is InChI=1S/C30H38N6O2/c1-21(2)29-33-25-9-5-6-10-26(25)36(29)16-7-11-28(37)34(4)19-30(38)13-8-15-35(20-30)27-17-22(3)32-24-12-14-31-18-23(24)27/h5-6,9-10,12,14,17-18,21,38H,7-8,11,13,15-16,19-20H2,1-4H3/t30-/m0/s1. The molecule has 8 heteroatoms. The number of aryl methyl sites for hydroxylation is 2. The summed E-state index contributed by atoms with van der Waals surface area (Å²) in [6, 6.07) is 12.2. The number of aliphatic hydroxyl groups is 1. The van der Waals surface area contributed by atoms with Gasteiger partial charge in [0, 0.05) is 68.2 Å². The highest BCUT2D eigenvalue weighted by Crippen LogP contribution is 2.32. The van der Waals surface area contributed by atoms with Gasteiger partial charge in [0.1, 0.15) is 5.82 Å². The van der Waals surface area contributed by atoms with Gasteiger partial charge in [-0.3, -0.25) is 14.8 Å². The minimum Gasteiger partial charge on any atom is -0.386 e. The monoisotopic (exact) mass is 514 g/mol. The van der Waals surface area contributed by atoms with Crippen molar-refractivity contribution in [2.45, 2.75) is 64.5 Å². The van der Waals surface area contributed by atoms with Crippen molar-refractivity contribution in [1.82, 2.24) is 24.4 Å². The van der Waals surface area contributed by atoms with Crippen LogP contribution in [-0.2, 0) is 11.3 Å². The largest absolute Gasteiger partial charge is 0.386 e. The summed E-state index contributed by atoms with van der Waals surface area (Å²) in [4.78, 5) is 30.8. The Kier molecular flexibility index (Phi) is 7.34. The Morgan fingerprint density at radius 3 is 2.82 bits per heavy atom. The van der Waals surface area contributed by atoms with Gasteiger partial charge in [0.25, 0.3) is 0 Å². The summed E-state index contributed by atoms with van der Waals surface area (Å²) in [7, 11) is 1.81. The molecule has 1 aromatic carbocycles. The highest BCUT2D eigenvalue weighted by molar-refractivity contribution is 5.91. The van der Waals surface area contributed by atoms with Gasteiger partial charge in [-0.25, -0.2) is 4.98 Å². The number of pyridine rings is 2. The van der Waals surface area contributed by atoms with Gasteiger partial charge in [0.15, 0.2) is 0 Å². The van der Waals surface area contributed by atoms with E-state index in [4.69, 9.17) is 4.98 Å². The van der Waals surface area contributed by atoms with Crippen LogP contribution in [0.1, 0.15) is 57.0 Å². The summed E-state index contributed by atoms with van der Waals surface area (Å²) in [6.45, 7) is 8.67. The van der Waals surface area contributed by atoms with Gasteiger partial charge in [-0.05, 0) is 50.5 Å². The number of amides is 1. The van der Waals surface area contributed by atoms with E-state index in [-0.39, 0.29) is 5.91 Å². The predicted octanol–water partition coefficient (Wildman–Crippen LogP) is 4.68. The zero-order chi connectivity index (χ0) is 26.9. The first kappa shape index (κ1) is 26.1. The van der Waals surface area contributed by atoms with Crippen molar-refractivity contribution in [2.75, 3.05) is 31.6 Å². The number of hydrogen-bond acceptors (Lipinski definition) is 6. The van der Waals surface area contributed by atoms with Crippen molar-refractivity contribution in [1.29, 1.82) is 0 Å². The van der Waals surface area contributed by atoms with Gasteiger partial charge >= 0.3 is 0 Å². The number of anilines is 1. The van der Waals surface area contributed by atoms with Crippen molar-refractivity contribution in [3.05, 3.63) is 60.3 Å². The summed E-state index contributed by atoms with van der Waals surface area (Å²) >= 11 is 0. The Balaban J connectivity index is 1.23. The molecule has 3 aromatic heterocycles. The number of likely N-dealkylation sites (N-methyl/N-ethyl adjacent to an activating group) is 1. The van der Waals surface area contributed by atoms with Crippen LogP contribution in [0.15, 0.2) is 48.8 Å². The van der Waals surface area contributed by atoms with Crippen LogP contribution < -0.4 is 4.90 Å².